The summed E-state index contributed by atoms with van der Waals surface area (Å²) < 4.78 is 0. The predicted molar refractivity (Wildman–Crippen MR) is 60.0 cm³/mol. The van der Waals surface area contributed by atoms with Crippen LogP contribution in [0.1, 0.15) is 5.56 Å². The standard InChI is InChI=1S/C10H13N3O4/c11-10(15)9(14)6-12-5-7-2-1-3-8(4-7)13(16)17/h1-4,9,12,14H,5-6H2,(H2,11,15). The Hall–Kier alpha value is -1.99. The summed E-state index contributed by atoms with van der Waals surface area (Å²) in [5.41, 5.74) is 5.55. The van der Waals surface area contributed by atoms with Crippen LogP contribution in [0, 0.1) is 10.1 Å². The molecule has 0 aliphatic carbocycles. The average Bonchev–Trinajstić information content (AvgIpc) is 2.29. The predicted octanol–water partition coefficient (Wildman–Crippen LogP) is -0.469. The van der Waals surface area contributed by atoms with Gasteiger partial charge in [0.15, 0.2) is 0 Å². The van der Waals surface area contributed by atoms with Crippen molar-refractivity contribution in [1.82, 2.24) is 5.32 Å². The quantitative estimate of drug-likeness (QED) is 0.458. The van der Waals surface area contributed by atoms with E-state index in [4.69, 9.17) is 10.8 Å². The summed E-state index contributed by atoms with van der Waals surface area (Å²) in [6.07, 6.45) is -1.26. The van der Waals surface area contributed by atoms with Gasteiger partial charge in [-0.15, -0.1) is 0 Å². The second-order valence-electron chi connectivity index (χ2n) is 3.48. The van der Waals surface area contributed by atoms with E-state index >= 15 is 0 Å². The topological polar surface area (TPSA) is 118 Å². The van der Waals surface area contributed by atoms with Crippen molar-refractivity contribution in [3.8, 4) is 0 Å². The minimum absolute atomic E-state index is 0.000232. The number of benzene rings is 1. The Balaban J connectivity index is 2.49. The van der Waals surface area contributed by atoms with Gasteiger partial charge in [-0.25, -0.2) is 0 Å². The fourth-order valence-corrected chi connectivity index (χ4v) is 1.23. The third kappa shape index (κ3) is 4.17. The highest BCUT2D eigenvalue weighted by Gasteiger charge is 2.10. The molecule has 0 bridgehead atoms. The number of hydrogen-bond donors (Lipinski definition) is 3. The molecule has 1 atom stereocenters. The molecule has 7 heteroatoms. The van der Waals surface area contributed by atoms with Crippen LogP contribution >= 0.6 is 0 Å². The van der Waals surface area contributed by atoms with Crippen molar-refractivity contribution in [3.05, 3.63) is 39.9 Å². The van der Waals surface area contributed by atoms with E-state index in [-0.39, 0.29) is 12.2 Å². The number of nitrogens with one attached hydrogen (secondary N) is 1. The van der Waals surface area contributed by atoms with Crippen molar-refractivity contribution < 1.29 is 14.8 Å². The maximum atomic E-state index is 10.5. The van der Waals surface area contributed by atoms with E-state index in [1.54, 1.807) is 12.1 Å². The van der Waals surface area contributed by atoms with Crippen LogP contribution in [0.25, 0.3) is 0 Å². The highest BCUT2D eigenvalue weighted by atomic mass is 16.6. The first kappa shape index (κ1) is 13.1. The van der Waals surface area contributed by atoms with Gasteiger partial charge in [0, 0.05) is 25.2 Å². The van der Waals surface area contributed by atoms with Crippen LogP contribution in [0.3, 0.4) is 0 Å². The first-order chi connectivity index (χ1) is 8.00. The Labute approximate surface area is 97.4 Å². The summed E-state index contributed by atoms with van der Waals surface area (Å²) in [5.74, 6) is -0.809. The molecule has 0 aliphatic rings. The van der Waals surface area contributed by atoms with Gasteiger partial charge in [-0.1, -0.05) is 12.1 Å². The van der Waals surface area contributed by atoms with Crippen LogP contribution in [-0.2, 0) is 11.3 Å². The molecule has 7 nitrogen and oxygen atoms in total. The molecule has 1 aromatic carbocycles. The minimum atomic E-state index is -1.26. The lowest BCUT2D eigenvalue weighted by atomic mass is 10.2. The van der Waals surface area contributed by atoms with Crippen molar-refractivity contribution in [2.75, 3.05) is 6.54 Å². The maximum absolute atomic E-state index is 10.5. The van der Waals surface area contributed by atoms with Gasteiger partial charge >= 0.3 is 0 Å². The first-order valence-corrected chi connectivity index (χ1v) is 4.92. The number of amides is 1. The van der Waals surface area contributed by atoms with Gasteiger partial charge in [0.2, 0.25) is 5.91 Å². The molecule has 0 saturated carbocycles. The number of rotatable bonds is 6. The second kappa shape index (κ2) is 5.92. The van der Waals surface area contributed by atoms with Gasteiger partial charge < -0.3 is 16.2 Å². The number of non-ortho nitro benzene ring substituents is 1. The molecule has 17 heavy (non-hydrogen) atoms. The maximum Gasteiger partial charge on any atom is 0.269 e. The molecule has 1 rings (SSSR count). The number of nitrogens with zero attached hydrogens (tertiary/aromatic N) is 1. The molecule has 0 radical (unpaired) electrons. The van der Waals surface area contributed by atoms with Crippen LogP contribution in [0.4, 0.5) is 5.69 Å². The summed E-state index contributed by atoms with van der Waals surface area (Å²) in [7, 11) is 0. The van der Waals surface area contributed by atoms with Crippen LogP contribution in [0.5, 0.6) is 0 Å². The first-order valence-electron chi connectivity index (χ1n) is 4.92. The van der Waals surface area contributed by atoms with E-state index in [0.717, 1.165) is 0 Å². The smallest absolute Gasteiger partial charge is 0.269 e. The monoisotopic (exact) mass is 239 g/mol. The highest BCUT2D eigenvalue weighted by molar-refractivity contribution is 5.78. The largest absolute Gasteiger partial charge is 0.382 e. The number of nitro groups is 1. The van der Waals surface area contributed by atoms with Crippen molar-refractivity contribution in [2.45, 2.75) is 12.6 Å². The fourth-order valence-electron chi connectivity index (χ4n) is 1.23. The van der Waals surface area contributed by atoms with Gasteiger partial charge in [0.05, 0.1) is 4.92 Å². The molecule has 92 valence electrons. The zero-order valence-corrected chi connectivity index (χ0v) is 9.00. The average molecular weight is 239 g/mol. The molecular formula is C10H13N3O4. The zero-order valence-electron chi connectivity index (χ0n) is 9.00. The van der Waals surface area contributed by atoms with Gasteiger partial charge in [0.25, 0.3) is 5.69 Å². The van der Waals surface area contributed by atoms with E-state index in [2.05, 4.69) is 5.32 Å². The number of carbonyl (C=O) groups excluding carboxylic acids is 1. The van der Waals surface area contributed by atoms with E-state index < -0.39 is 16.9 Å². The minimum Gasteiger partial charge on any atom is -0.382 e. The van der Waals surface area contributed by atoms with Crippen molar-refractivity contribution in [3.63, 3.8) is 0 Å². The molecular weight excluding hydrogens is 226 g/mol. The molecule has 4 N–H and O–H groups in total. The molecule has 0 aromatic heterocycles. The zero-order chi connectivity index (χ0) is 12.8. The lowest BCUT2D eigenvalue weighted by Gasteiger charge is -2.08. The molecule has 1 aromatic rings. The Morgan fingerprint density at radius 1 is 1.59 bits per heavy atom. The number of primary amides is 1. The number of carbonyl (C=O) groups is 1. The molecule has 0 aliphatic heterocycles. The molecule has 0 fully saturated rings. The third-order valence-electron chi connectivity index (χ3n) is 2.12. The molecule has 0 heterocycles. The SMILES string of the molecule is NC(=O)C(O)CNCc1cccc([N+](=O)[O-])c1. The third-order valence-corrected chi connectivity index (χ3v) is 2.12. The van der Waals surface area contributed by atoms with E-state index in [0.29, 0.717) is 12.1 Å². The Morgan fingerprint density at radius 2 is 2.29 bits per heavy atom. The lowest BCUT2D eigenvalue weighted by Crippen LogP contribution is -2.37. The van der Waals surface area contributed by atoms with Crippen LogP contribution in [-0.4, -0.2) is 28.6 Å². The highest BCUT2D eigenvalue weighted by Crippen LogP contribution is 2.12. The molecule has 0 saturated heterocycles. The van der Waals surface area contributed by atoms with Crippen molar-refractivity contribution in [1.29, 1.82) is 0 Å². The van der Waals surface area contributed by atoms with Crippen molar-refractivity contribution in [2.24, 2.45) is 5.73 Å². The molecule has 1 unspecified atom stereocenters. The lowest BCUT2D eigenvalue weighted by molar-refractivity contribution is -0.384. The van der Waals surface area contributed by atoms with Gasteiger partial charge in [-0.2, -0.15) is 0 Å². The number of nitro benzene ring substituents is 1. The summed E-state index contributed by atoms with van der Waals surface area (Å²) in [6, 6.07) is 6.09. The van der Waals surface area contributed by atoms with Gasteiger partial charge in [-0.3, -0.25) is 14.9 Å². The van der Waals surface area contributed by atoms with E-state index in [1.165, 1.54) is 12.1 Å². The van der Waals surface area contributed by atoms with Crippen LogP contribution < -0.4 is 11.1 Å². The Kier molecular flexibility index (Phi) is 4.56. The van der Waals surface area contributed by atoms with E-state index in [1.807, 2.05) is 0 Å². The summed E-state index contributed by atoms with van der Waals surface area (Å²) in [4.78, 5) is 20.6. The number of aliphatic hydroxyl groups is 1. The number of hydrogen-bond acceptors (Lipinski definition) is 5. The summed E-state index contributed by atoms with van der Waals surface area (Å²) in [5, 5.41) is 22.4. The second-order valence-corrected chi connectivity index (χ2v) is 3.48. The Bertz CT molecular complexity index is 422. The van der Waals surface area contributed by atoms with Crippen LogP contribution in [0.15, 0.2) is 24.3 Å². The van der Waals surface area contributed by atoms with E-state index in [9.17, 15) is 14.9 Å². The molecule has 1 amide bonds. The normalized spacial score (nSPS) is 12.1. The summed E-state index contributed by atoms with van der Waals surface area (Å²) in [6.45, 7) is 0.323. The number of nitrogens with two attached hydrogens (primary N) is 1. The number of aliphatic hydroxyl groups excluding tert-OH is 1. The fraction of sp³-hybridized carbons (Fsp3) is 0.300. The molecule has 0 spiro atoms. The Morgan fingerprint density at radius 3 is 2.88 bits per heavy atom. The van der Waals surface area contributed by atoms with Gasteiger partial charge in [-0.05, 0) is 5.56 Å². The van der Waals surface area contributed by atoms with Crippen molar-refractivity contribution >= 4 is 11.6 Å². The van der Waals surface area contributed by atoms with Gasteiger partial charge in [0.1, 0.15) is 6.10 Å². The summed E-state index contributed by atoms with van der Waals surface area (Å²) >= 11 is 0. The van der Waals surface area contributed by atoms with Crippen LogP contribution in [0.2, 0.25) is 0 Å².